The second kappa shape index (κ2) is 9.06. The Labute approximate surface area is 89.6 Å². The molecule has 0 radical (unpaired) electrons. The Bertz CT molecular complexity index is 180. The van der Waals surface area contributed by atoms with Crippen molar-refractivity contribution in [3.8, 4) is 0 Å². The van der Waals surface area contributed by atoms with Crippen molar-refractivity contribution in [3.63, 3.8) is 0 Å². The Morgan fingerprint density at radius 2 is 2.00 bits per heavy atom. The second-order valence-electron chi connectivity index (χ2n) is 3.02. The van der Waals surface area contributed by atoms with Crippen LogP contribution in [0, 0.1) is 0 Å². The molecule has 0 aliphatic heterocycles. The van der Waals surface area contributed by atoms with Gasteiger partial charge in [-0.2, -0.15) is 11.8 Å². The molecule has 0 rings (SSSR count). The number of ketones is 1. The van der Waals surface area contributed by atoms with Crippen molar-refractivity contribution in [1.29, 1.82) is 0 Å². The predicted molar refractivity (Wildman–Crippen MR) is 58.5 cm³/mol. The summed E-state index contributed by atoms with van der Waals surface area (Å²) in [6.45, 7) is 3.85. The van der Waals surface area contributed by atoms with Crippen molar-refractivity contribution in [3.05, 3.63) is 0 Å². The molecule has 4 heteroatoms. The third-order valence-corrected chi connectivity index (χ3v) is 2.61. The predicted octanol–water partition coefficient (Wildman–Crippen LogP) is 2.04. The van der Waals surface area contributed by atoms with E-state index in [1.807, 2.05) is 0 Å². The summed E-state index contributed by atoms with van der Waals surface area (Å²) in [6, 6.07) is 0. The van der Waals surface area contributed by atoms with Gasteiger partial charge < -0.3 is 9.53 Å². The average Bonchev–Trinajstić information content (AvgIpc) is 2.11. The highest BCUT2D eigenvalue weighted by Crippen LogP contribution is 2.06. The van der Waals surface area contributed by atoms with Gasteiger partial charge in [0.15, 0.2) is 0 Å². The topological polar surface area (TPSA) is 43.4 Å². The van der Waals surface area contributed by atoms with Gasteiger partial charge in [0.1, 0.15) is 5.78 Å². The van der Waals surface area contributed by atoms with Crippen LogP contribution in [0.25, 0.3) is 0 Å². The summed E-state index contributed by atoms with van der Waals surface area (Å²) in [6.07, 6.45) is 2.56. The number of hydrogen-bond donors (Lipinski definition) is 0. The van der Waals surface area contributed by atoms with Crippen molar-refractivity contribution < 1.29 is 14.3 Å². The molecule has 0 bridgehead atoms. The Balaban J connectivity index is 3.13. The summed E-state index contributed by atoms with van der Waals surface area (Å²) in [7, 11) is 0. The summed E-state index contributed by atoms with van der Waals surface area (Å²) >= 11 is 1.57. The first kappa shape index (κ1) is 13.5. The molecule has 14 heavy (non-hydrogen) atoms. The molecule has 0 unspecified atom stereocenters. The number of ether oxygens (including phenoxy) is 1. The first-order chi connectivity index (χ1) is 6.66. The number of carbonyl (C=O) groups excluding carboxylic acids is 2. The maximum Gasteiger partial charge on any atom is 0.315 e. The van der Waals surface area contributed by atoms with Crippen molar-refractivity contribution in [1.82, 2.24) is 0 Å². The summed E-state index contributed by atoms with van der Waals surface area (Å²) < 4.78 is 4.77. The molecule has 0 amide bonds. The number of hydrogen-bond acceptors (Lipinski definition) is 4. The van der Waals surface area contributed by atoms with Gasteiger partial charge in [-0.1, -0.05) is 0 Å². The zero-order valence-corrected chi connectivity index (χ0v) is 9.69. The fourth-order valence-corrected chi connectivity index (χ4v) is 1.74. The highest BCUT2D eigenvalue weighted by molar-refractivity contribution is 7.99. The van der Waals surface area contributed by atoms with Crippen LogP contribution in [0.1, 0.15) is 33.1 Å². The van der Waals surface area contributed by atoms with E-state index in [-0.39, 0.29) is 11.8 Å². The quantitative estimate of drug-likeness (QED) is 0.462. The van der Waals surface area contributed by atoms with Crippen molar-refractivity contribution in [2.75, 3.05) is 18.1 Å². The fraction of sp³-hybridized carbons (Fsp3) is 0.800. The van der Waals surface area contributed by atoms with Gasteiger partial charge in [-0.3, -0.25) is 4.79 Å². The monoisotopic (exact) mass is 218 g/mol. The maximum atomic E-state index is 10.9. The molecule has 0 aliphatic rings. The third-order valence-electron chi connectivity index (χ3n) is 1.59. The molecular formula is C10H18O3S. The SMILES string of the molecule is CCOC(=O)CSCCCCC(C)=O. The lowest BCUT2D eigenvalue weighted by atomic mass is 10.2. The van der Waals surface area contributed by atoms with E-state index in [9.17, 15) is 9.59 Å². The molecule has 0 fully saturated rings. The molecule has 0 saturated heterocycles. The van der Waals surface area contributed by atoms with Gasteiger partial charge in [0, 0.05) is 6.42 Å². The number of unbranched alkanes of at least 4 members (excludes halogenated alkanes) is 1. The molecule has 3 nitrogen and oxygen atoms in total. The summed E-state index contributed by atoms with van der Waals surface area (Å²) in [4.78, 5) is 21.5. The van der Waals surface area contributed by atoms with E-state index in [0.717, 1.165) is 18.6 Å². The molecule has 0 saturated carbocycles. The van der Waals surface area contributed by atoms with E-state index in [4.69, 9.17) is 4.74 Å². The summed E-state index contributed by atoms with van der Waals surface area (Å²) in [5, 5.41) is 0. The van der Waals surface area contributed by atoms with E-state index >= 15 is 0 Å². The van der Waals surface area contributed by atoms with E-state index in [2.05, 4.69) is 0 Å². The molecule has 82 valence electrons. The van der Waals surface area contributed by atoms with Gasteiger partial charge in [-0.15, -0.1) is 0 Å². The lowest BCUT2D eigenvalue weighted by molar-refractivity contribution is -0.139. The summed E-state index contributed by atoms with van der Waals surface area (Å²) in [5.41, 5.74) is 0. The normalized spacial score (nSPS) is 9.86. The summed E-state index contributed by atoms with van der Waals surface area (Å²) in [5.74, 6) is 1.43. The number of rotatable bonds is 8. The molecule has 0 heterocycles. The first-order valence-electron chi connectivity index (χ1n) is 4.89. The lowest BCUT2D eigenvalue weighted by Gasteiger charge is -2.01. The van der Waals surface area contributed by atoms with Crippen LogP contribution in [0.3, 0.4) is 0 Å². The molecule has 0 aromatic heterocycles. The number of Topliss-reactive ketones (excluding diaryl/α,β-unsaturated/α-hetero) is 1. The lowest BCUT2D eigenvalue weighted by Crippen LogP contribution is -2.07. The van der Waals surface area contributed by atoms with Crippen LogP contribution in [0.4, 0.5) is 0 Å². The molecular weight excluding hydrogens is 200 g/mol. The van der Waals surface area contributed by atoms with Crippen LogP contribution < -0.4 is 0 Å². The fourth-order valence-electron chi connectivity index (χ4n) is 0.936. The Hall–Kier alpha value is -0.510. The minimum absolute atomic E-state index is 0.149. The zero-order valence-electron chi connectivity index (χ0n) is 8.88. The smallest absolute Gasteiger partial charge is 0.315 e. The van der Waals surface area contributed by atoms with Gasteiger partial charge in [-0.25, -0.2) is 0 Å². The third kappa shape index (κ3) is 9.58. The van der Waals surface area contributed by atoms with Gasteiger partial charge in [-0.05, 0) is 32.4 Å². The van der Waals surface area contributed by atoms with E-state index in [0.29, 0.717) is 18.8 Å². The maximum absolute atomic E-state index is 10.9. The number of thioether (sulfide) groups is 1. The minimum Gasteiger partial charge on any atom is -0.465 e. The Morgan fingerprint density at radius 3 is 2.57 bits per heavy atom. The standard InChI is InChI=1S/C10H18O3S/c1-3-13-10(12)8-14-7-5-4-6-9(2)11/h3-8H2,1-2H3. The number of esters is 1. The van der Waals surface area contributed by atoms with Gasteiger partial charge in [0.2, 0.25) is 0 Å². The Morgan fingerprint density at radius 1 is 1.29 bits per heavy atom. The minimum atomic E-state index is -0.149. The van der Waals surface area contributed by atoms with E-state index in [1.165, 1.54) is 0 Å². The molecule has 0 aliphatic carbocycles. The van der Waals surface area contributed by atoms with Gasteiger partial charge in [0.25, 0.3) is 0 Å². The Kier molecular flexibility index (Phi) is 8.73. The van der Waals surface area contributed by atoms with Crippen molar-refractivity contribution in [2.45, 2.75) is 33.1 Å². The highest BCUT2D eigenvalue weighted by Gasteiger charge is 2.01. The first-order valence-corrected chi connectivity index (χ1v) is 6.05. The van der Waals surface area contributed by atoms with Gasteiger partial charge in [0.05, 0.1) is 12.4 Å². The molecule has 0 atom stereocenters. The van der Waals surface area contributed by atoms with Crippen LogP contribution >= 0.6 is 11.8 Å². The number of carbonyl (C=O) groups is 2. The molecule has 0 N–H and O–H groups in total. The van der Waals surface area contributed by atoms with Crippen molar-refractivity contribution in [2.24, 2.45) is 0 Å². The van der Waals surface area contributed by atoms with E-state index < -0.39 is 0 Å². The average molecular weight is 218 g/mol. The van der Waals surface area contributed by atoms with Crippen LogP contribution in [0.15, 0.2) is 0 Å². The van der Waals surface area contributed by atoms with Crippen molar-refractivity contribution >= 4 is 23.5 Å². The molecule has 0 spiro atoms. The molecule has 0 aromatic rings. The highest BCUT2D eigenvalue weighted by atomic mass is 32.2. The second-order valence-corrected chi connectivity index (χ2v) is 4.12. The zero-order chi connectivity index (χ0) is 10.8. The molecule has 0 aromatic carbocycles. The van der Waals surface area contributed by atoms with Crippen LogP contribution in [-0.4, -0.2) is 29.9 Å². The largest absolute Gasteiger partial charge is 0.465 e. The van der Waals surface area contributed by atoms with Crippen LogP contribution in [-0.2, 0) is 14.3 Å². The van der Waals surface area contributed by atoms with Crippen LogP contribution in [0.5, 0.6) is 0 Å². The van der Waals surface area contributed by atoms with Crippen LogP contribution in [0.2, 0.25) is 0 Å². The van der Waals surface area contributed by atoms with Gasteiger partial charge >= 0.3 is 5.97 Å². The van der Waals surface area contributed by atoms with E-state index in [1.54, 1.807) is 25.6 Å².